The van der Waals surface area contributed by atoms with Gasteiger partial charge in [0.1, 0.15) is 5.82 Å². The van der Waals surface area contributed by atoms with Crippen LogP contribution in [0.2, 0.25) is 5.02 Å². The number of aromatic nitrogens is 2. The van der Waals surface area contributed by atoms with Gasteiger partial charge >= 0.3 is 0 Å². The quantitative estimate of drug-likeness (QED) is 0.787. The minimum Gasteiger partial charge on any atom is -0.423 e. The van der Waals surface area contributed by atoms with E-state index in [9.17, 15) is 4.39 Å². The summed E-state index contributed by atoms with van der Waals surface area (Å²) in [6, 6.07) is 11.9. The van der Waals surface area contributed by atoms with E-state index in [0.717, 1.165) is 16.8 Å². The van der Waals surface area contributed by atoms with E-state index in [-0.39, 0.29) is 5.82 Å². The Bertz CT molecular complexity index is 729. The standard InChI is InChI=1S/C15H11ClFN3O/c16-14-7-12(17)4-1-11(14)8-18-13-5-2-10(3-6-13)15-20-19-9-21-15/h1-7,9,18H,8H2. The van der Waals surface area contributed by atoms with Crippen LogP contribution in [0.1, 0.15) is 5.56 Å². The van der Waals surface area contributed by atoms with E-state index in [1.807, 2.05) is 24.3 Å². The lowest BCUT2D eigenvalue weighted by Gasteiger charge is -2.08. The molecule has 3 rings (SSSR count). The topological polar surface area (TPSA) is 51.0 Å². The number of halogens is 2. The number of hydrogen-bond donors (Lipinski definition) is 1. The molecule has 2 aromatic carbocycles. The van der Waals surface area contributed by atoms with Gasteiger partial charge in [-0.15, -0.1) is 10.2 Å². The van der Waals surface area contributed by atoms with E-state index in [1.165, 1.54) is 18.5 Å². The molecule has 0 atom stereocenters. The Balaban J connectivity index is 1.68. The molecule has 0 saturated heterocycles. The van der Waals surface area contributed by atoms with E-state index in [1.54, 1.807) is 6.07 Å². The highest BCUT2D eigenvalue weighted by atomic mass is 35.5. The Morgan fingerprint density at radius 1 is 1.14 bits per heavy atom. The molecule has 0 fully saturated rings. The summed E-state index contributed by atoms with van der Waals surface area (Å²) in [4.78, 5) is 0. The largest absolute Gasteiger partial charge is 0.423 e. The zero-order valence-corrected chi connectivity index (χ0v) is 11.6. The summed E-state index contributed by atoms with van der Waals surface area (Å²) in [5, 5.41) is 11.1. The van der Waals surface area contributed by atoms with Crippen LogP contribution < -0.4 is 5.32 Å². The summed E-state index contributed by atoms with van der Waals surface area (Å²) < 4.78 is 18.1. The molecule has 0 saturated carbocycles. The molecule has 106 valence electrons. The second kappa shape index (κ2) is 5.93. The number of nitrogens with one attached hydrogen (secondary N) is 1. The third-order valence-electron chi connectivity index (χ3n) is 2.99. The number of anilines is 1. The summed E-state index contributed by atoms with van der Waals surface area (Å²) in [7, 11) is 0. The van der Waals surface area contributed by atoms with Crippen LogP contribution in [0.3, 0.4) is 0 Å². The summed E-state index contributed by atoms with van der Waals surface area (Å²) in [6.07, 6.45) is 1.29. The van der Waals surface area contributed by atoms with Crippen LogP contribution in [-0.2, 0) is 6.54 Å². The first-order chi connectivity index (χ1) is 10.2. The van der Waals surface area contributed by atoms with Crippen molar-refractivity contribution < 1.29 is 8.81 Å². The molecule has 0 bridgehead atoms. The van der Waals surface area contributed by atoms with Crippen LogP contribution in [0.5, 0.6) is 0 Å². The second-order valence-electron chi connectivity index (χ2n) is 4.41. The molecule has 0 aliphatic carbocycles. The maximum Gasteiger partial charge on any atom is 0.247 e. The molecule has 6 heteroatoms. The van der Waals surface area contributed by atoms with Gasteiger partial charge < -0.3 is 9.73 Å². The van der Waals surface area contributed by atoms with Crippen LogP contribution in [0.15, 0.2) is 53.3 Å². The molecule has 0 amide bonds. The molecule has 0 unspecified atom stereocenters. The van der Waals surface area contributed by atoms with Crippen molar-refractivity contribution in [3.8, 4) is 11.5 Å². The highest BCUT2D eigenvalue weighted by Gasteiger charge is 2.04. The SMILES string of the molecule is Fc1ccc(CNc2ccc(-c3nnco3)cc2)c(Cl)c1. The molecular weight excluding hydrogens is 293 g/mol. The van der Waals surface area contributed by atoms with E-state index in [2.05, 4.69) is 15.5 Å². The fraction of sp³-hybridized carbons (Fsp3) is 0.0667. The van der Waals surface area contributed by atoms with Crippen LogP contribution in [0.4, 0.5) is 10.1 Å². The highest BCUT2D eigenvalue weighted by molar-refractivity contribution is 6.31. The Hall–Kier alpha value is -2.40. The number of rotatable bonds is 4. The lowest BCUT2D eigenvalue weighted by atomic mass is 10.2. The van der Waals surface area contributed by atoms with Crippen LogP contribution in [0.25, 0.3) is 11.5 Å². The zero-order valence-electron chi connectivity index (χ0n) is 10.9. The van der Waals surface area contributed by atoms with Crippen molar-refractivity contribution in [1.82, 2.24) is 10.2 Å². The molecule has 0 aliphatic heterocycles. The van der Waals surface area contributed by atoms with Crippen molar-refractivity contribution in [3.63, 3.8) is 0 Å². The smallest absolute Gasteiger partial charge is 0.247 e. The van der Waals surface area contributed by atoms with Gasteiger partial charge in [-0.3, -0.25) is 0 Å². The second-order valence-corrected chi connectivity index (χ2v) is 4.82. The lowest BCUT2D eigenvalue weighted by molar-refractivity contribution is 0.568. The van der Waals surface area contributed by atoms with Crippen LogP contribution in [-0.4, -0.2) is 10.2 Å². The first-order valence-corrected chi connectivity index (χ1v) is 6.64. The van der Waals surface area contributed by atoms with Crippen molar-refractivity contribution in [1.29, 1.82) is 0 Å². The summed E-state index contributed by atoms with van der Waals surface area (Å²) >= 11 is 5.98. The first kappa shape index (κ1) is 13.6. The Morgan fingerprint density at radius 3 is 2.62 bits per heavy atom. The molecule has 1 heterocycles. The maximum atomic E-state index is 13.0. The fourth-order valence-electron chi connectivity index (χ4n) is 1.89. The summed E-state index contributed by atoms with van der Waals surface area (Å²) in [5.74, 6) is 0.135. The fourth-order valence-corrected chi connectivity index (χ4v) is 2.13. The van der Waals surface area contributed by atoms with E-state index >= 15 is 0 Å². The first-order valence-electron chi connectivity index (χ1n) is 6.27. The van der Waals surface area contributed by atoms with Gasteiger partial charge in [0.25, 0.3) is 0 Å². The summed E-state index contributed by atoms with van der Waals surface area (Å²) in [6.45, 7) is 0.513. The van der Waals surface area contributed by atoms with Crippen molar-refractivity contribution in [3.05, 3.63) is 65.3 Å². The van der Waals surface area contributed by atoms with Crippen LogP contribution in [0, 0.1) is 5.82 Å². The highest BCUT2D eigenvalue weighted by Crippen LogP contribution is 2.21. The summed E-state index contributed by atoms with van der Waals surface area (Å²) in [5.41, 5.74) is 2.59. The van der Waals surface area contributed by atoms with Gasteiger partial charge in [-0.2, -0.15) is 0 Å². The monoisotopic (exact) mass is 303 g/mol. The molecular formula is C15H11ClFN3O. The minimum absolute atomic E-state index is 0.340. The third-order valence-corrected chi connectivity index (χ3v) is 3.34. The number of benzene rings is 2. The number of hydrogen-bond acceptors (Lipinski definition) is 4. The molecule has 0 radical (unpaired) electrons. The minimum atomic E-state index is -0.340. The van der Waals surface area contributed by atoms with Gasteiger partial charge in [-0.25, -0.2) is 4.39 Å². The maximum absolute atomic E-state index is 13.0. The predicted molar refractivity (Wildman–Crippen MR) is 78.5 cm³/mol. The van der Waals surface area contributed by atoms with E-state index in [4.69, 9.17) is 16.0 Å². The van der Waals surface area contributed by atoms with Gasteiger partial charge in [0.2, 0.25) is 12.3 Å². The molecule has 1 aromatic heterocycles. The molecule has 1 N–H and O–H groups in total. The molecule has 0 spiro atoms. The Labute approximate surface area is 125 Å². The van der Waals surface area contributed by atoms with Crippen LogP contribution >= 0.6 is 11.6 Å². The third kappa shape index (κ3) is 3.20. The van der Waals surface area contributed by atoms with Gasteiger partial charge in [0, 0.05) is 22.8 Å². The van der Waals surface area contributed by atoms with E-state index in [0.29, 0.717) is 17.5 Å². The Kier molecular flexibility index (Phi) is 3.83. The zero-order chi connectivity index (χ0) is 14.7. The molecule has 3 aromatic rings. The average Bonchev–Trinajstić information content (AvgIpc) is 3.01. The molecule has 4 nitrogen and oxygen atoms in total. The number of nitrogens with zero attached hydrogens (tertiary/aromatic N) is 2. The normalized spacial score (nSPS) is 10.6. The van der Waals surface area contributed by atoms with E-state index < -0.39 is 0 Å². The van der Waals surface area contributed by atoms with Crippen molar-refractivity contribution in [2.24, 2.45) is 0 Å². The van der Waals surface area contributed by atoms with Gasteiger partial charge in [0.05, 0.1) is 0 Å². The Morgan fingerprint density at radius 2 is 1.95 bits per heavy atom. The average molecular weight is 304 g/mol. The molecule has 21 heavy (non-hydrogen) atoms. The van der Waals surface area contributed by atoms with Gasteiger partial charge in [-0.1, -0.05) is 17.7 Å². The lowest BCUT2D eigenvalue weighted by Crippen LogP contribution is -2.00. The van der Waals surface area contributed by atoms with Crippen molar-refractivity contribution >= 4 is 17.3 Å². The predicted octanol–water partition coefficient (Wildman–Crippen LogP) is 4.14. The van der Waals surface area contributed by atoms with Gasteiger partial charge in [-0.05, 0) is 42.0 Å². The molecule has 0 aliphatic rings. The van der Waals surface area contributed by atoms with Gasteiger partial charge in [0.15, 0.2) is 0 Å². The van der Waals surface area contributed by atoms with Crippen molar-refractivity contribution in [2.75, 3.05) is 5.32 Å². The van der Waals surface area contributed by atoms with Crippen molar-refractivity contribution in [2.45, 2.75) is 6.54 Å².